The van der Waals surface area contributed by atoms with Gasteiger partial charge in [0.2, 0.25) is 0 Å². The summed E-state index contributed by atoms with van der Waals surface area (Å²) in [6.07, 6.45) is -9.32. The zero-order valence-electron chi connectivity index (χ0n) is 9.29. The molecule has 6 atom stereocenters. The van der Waals surface area contributed by atoms with Gasteiger partial charge in [0.25, 0.3) is 0 Å². The Balaban J connectivity index is 2.72. The molecule has 0 aliphatic carbocycles. The first-order valence-electron chi connectivity index (χ1n) is 5.22. The molecule has 9 nitrogen and oxygen atoms in total. The number of rotatable bonds is 5. The van der Waals surface area contributed by atoms with Gasteiger partial charge in [-0.15, -0.1) is 0 Å². The molecule has 0 spiro atoms. The summed E-state index contributed by atoms with van der Waals surface area (Å²) in [5, 5.41) is 54.7. The molecule has 0 amide bonds. The predicted molar refractivity (Wildman–Crippen MR) is 53.4 cm³/mol. The summed E-state index contributed by atoms with van der Waals surface area (Å²) in [4.78, 5) is 10.6. The number of carbonyl (C=O) groups is 1. The lowest BCUT2D eigenvalue weighted by Gasteiger charge is -2.40. The van der Waals surface area contributed by atoms with E-state index in [0.717, 1.165) is 0 Å². The van der Waals surface area contributed by atoms with Crippen molar-refractivity contribution in [1.29, 1.82) is 0 Å². The van der Waals surface area contributed by atoms with Gasteiger partial charge in [0.1, 0.15) is 24.4 Å². The summed E-state index contributed by atoms with van der Waals surface area (Å²) in [5.74, 6) is -1.48. The van der Waals surface area contributed by atoms with Crippen molar-refractivity contribution >= 4 is 5.97 Å². The normalized spacial score (nSPS) is 38.4. The highest BCUT2D eigenvalue weighted by Crippen LogP contribution is 2.22. The Morgan fingerprint density at radius 1 is 1.17 bits per heavy atom. The molecule has 1 heterocycles. The molecular formula is C9H16O9. The lowest BCUT2D eigenvalue weighted by molar-refractivity contribution is -0.311. The van der Waals surface area contributed by atoms with Crippen LogP contribution in [0.3, 0.4) is 0 Å². The second-order valence-electron chi connectivity index (χ2n) is 3.84. The summed E-state index contributed by atoms with van der Waals surface area (Å²) >= 11 is 0. The fourth-order valence-corrected chi connectivity index (χ4v) is 1.52. The van der Waals surface area contributed by atoms with E-state index in [-0.39, 0.29) is 0 Å². The number of aliphatic hydroxyl groups excluding tert-OH is 5. The largest absolute Gasteiger partial charge is 0.479 e. The number of carboxylic acids is 1. The molecule has 1 fully saturated rings. The molecule has 1 rings (SSSR count). The first kappa shape index (κ1) is 15.2. The first-order valence-corrected chi connectivity index (χ1v) is 5.22. The smallest absolute Gasteiger partial charge is 0.335 e. The highest BCUT2D eigenvalue weighted by Gasteiger charge is 2.45. The van der Waals surface area contributed by atoms with Gasteiger partial charge in [-0.1, -0.05) is 0 Å². The Morgan fingerprint density at radius 2 is 1.78 bits per heavy atom. The molecule has 1 aliphatic heterocycles. The lowest BCUT2D eigenvalue weighted by atomic mass is 9.99. The zero-order valence-corrected chi connectivity index (χ0v) is 9.29. The second-order valence-corrected chi connectivity index (χ2v) is 3.84. The Labute approximate surface area is 102 Å². The van der Waals surface area contributed by atoms with Crippen molar-refractivity contribution < 1.29 is 44.9 Å². The van der Waals surface area contributed by atoms with Crippen molar-refractivity contribution in [3.8, 4) is 0 Å². The average Bonchev–Trinajstić information content (AvgIpc) is 2.35. The van der Waals surface area contributed by atoms with E-state index < -0.39 is 56.0 Å². The first-order chi connectivity index (χ1) is 8.42. The topological polar surface area (TPSA) is 157 Å². The van der Waals surface area contributed by atoms with Crippen LogP contribution in [0.25, 0.3) is 0 Å². The van der Waals surface area contributed by atoms with E-state index in [4.69, 9.17) is 24.8 Å². The van der Waals surface area contributed by atoms with Crippen LogP contribution in [-0.2, 0) is 14.3 Å². The van der Waals surface area contributed by atoms with E-state index in [1.54, 1.807) is 0 Å². The monoisotopic (exact) mass is 268 g/mol. The van der Waals surface area contributed by atoms with Gasteiger partial charge in [-0.2, -0.15) is 0 Å². The molecule has 0 aromatic carbocycles. The van der Waals surface area contributed by atoms with Crippen LogP contribution in [-0.4, -0.2) is 86.6 Å². The van der Waals surface area contributed by atoms with Crippen LogP contribution in [0.2, 0.25) is 0 Å². The van der Waals surface area contributed by atoms with Crippen LogP contribution < -0.4 is 0 Å². The molecule has 106 valence electrons. The van der Waals surface area contributed by atoms with Crippen molar-refractivity contribution in [3.05, 3.63) is 0 Å². The molecule has 0 aromatic heterocycles. The molecule has 0 saturated carbocycles. The highest BCUT2D eigenvalue weighted by atomic mass is 16.7. The van der Waals surface area contributed by atoms with Gasteiger partial charge in [-0.3, -0.25) is 0 Å². The molecule has 0 aromatic rings. The van der Waals surface area contributed by atoms with Crippen LogP contribution in [0.4, 0.5) is 0 Å². The SMILES string of the molecule is O=C(O)C(CO)O[C@@H]1OC(CO)[C@@H](O)[C@@H](O)C1O. The van der Waals surface area contributed by atoms with Crippen LogP contribution in [0, 0.1) is 0 Å². The Morgan fingerprint density at radius 3 is 2.22 bits per heavy atom. The van der Waals surface area contributed by atoms with E-state index in [9.17, 15) is 20.1 Å². The molecule has 1 aliphatic rings. The molecule has 9 heteroatoms. The number of hydrogen-bond donors (Lipinski definition) is 6. The number of carboxylic acid groups (broad SMARTS) is 1. The van der Waals surface area contributed by atoms with E-state index in [1.165, 1.54) is 0 Å². The molecule has 1 saturated heterocycles. The Bertz CT molecular complexity index is 281. The van der Waals surface area contributed by atoms with Gasteiger partial charge in [0.05, 0.1) is 13.2 Å². The number of hydrogen-bond acceptors (Lipinski definition) is 8. The fourth-order valence-electron chi connectivity index (χ4n) is 1.52. The van der Waals surface area contributed by atoms with E-state index in [1.807, 2.05) is 0 Å². The van der Waals surface area contributed by atoms with Crippen molar-refractivity contribution in [1.82, 2.24) is 0 Å². The molecule has 0 bridgehead atoms. The molecule has 0 radical (unpaired) electrons. The van der Waals surface area contributed by atoms with Gasteiger partial charge < -0.3 is 40.1 Å². The minimum Gasteiger partial charge on any atom is -0.479 e. The summed E-state index contributed by atoms with van der Waals surface area (Å²) in [7, 11) is 0. The van der Waals surface area contributed by atoms with Crippen molar-refractivity contribution in [2.75, 3.05) is 13.2 Å². The number of aliphatic hydroxyl groups is 5. The van der Waals surface area contributed by atoms with Crippen LogP contribution in [0.1, 0.15) is 0 Å². The van der Waals surface area contributed by atoms with Gasteiger partial charge in [0, 0.05) is 0 Å². The van der Waals surface area contributed by atoms with Gasteiger partial charge >= 0.3 is 5.97 Å². The highest BCUT2D eigenvalue weighted by molar-refractivity contribution is 5.72. The third-order valence-corrected chi connectivity index (χ3v) is 2.59. The van der Waals surface area contributed by atoms with Crippen LogP contribution >= 0.6 is 0 Å². The second kappa shape index (κ2) is 6.38. The van der Waals surface area contributed by atoms with Crippen LogP contribution in [0.5, 0.6) is 0 Å². The zero-order chi connectivity index (χ0) is 13.9. The summed E-state index contributed by atoms with van der Waals surface area (Å²) in [6, 6.07) is 0. The molecule has 18 heavy (non-hydrogen) atoms. The van der Waals surface area contributed by atoms with Gasteiger partial charge in [0.15, 0.2) is 12.4 Å². The average molecular weight is 268 g/mol. The summed E-state index contributed by atoms with van der Waals surface area (Å²) < 4.78 is 9.67. The third-order valence-electron chi connectivity index (χ3n) is 2.59. The minimum absolute atomic E-state index is 0.651. The maximum atomic E-state index is 10.6. The summed E-state index contributed by atoms with van der Waals surface area (Å²) in [6.45, 7) is -1.51. The third kappa shape index (κ3) is 3.14. The summed E-state index contributed by atoms with van der Waals surface area (Å²) in [5.41, 5.74) is 0. The van der Waals surface area contributed by atoms with E-state index >= 15 is 0 Å². The van der Waals surface area contributed by atoms with E-state index in [2.05, 4.69) is 0 Å². The fraction of sp³-hybridized carbons (Fsp3) is 0.889. The Kier molecular flexibility index (Phi) is 5.41. The Hall–Kier alpha value is -0.810. The quantitative estimate of drug-likeness (QED) is 0.294. The maximum absolute atomic E-state index is 10.6. The standard InChI is InChI=1S/C9H16O9/c10-1-3-5(12)6(13)7(14)9(17-3)18-4(2-11)8(15)16/h3-7,9-14H,1-2H2,(H,15,16)/t3?,4?,5-,6-,7?,9+/m1/s1. The van der Waals surface area contributed by atoms with Crippen LogP contribution in [0.15, 0.2) is 0 Å². The lowest BCUT2D eigenvalue weighted by Crippen LogP contribution is -2.60. The minimum atomic E-state index is -1.70. The maximum Gasteiger partial charge on any atom is 0.335 e. The van der Waals surface area contributed by atoms with Crippen molar-refractivity contribution in [2.24, 2.45) is 0 Å². The molecule has 3 unspecified atom stereocenters. The number of ether oxygens (including phenoxy) is 2. The van der Waals surface area contributed by atoms with Gasteiger partial charge in [-0.25, -0.2) is 4.79 Å². The number of aliphatic carboxylic acids is 1. The van der Waals surface area contributed by atoms with Gasteiger partial charge in [-0.05, 0) is 0 Å². The van der Waals surface area contributed by atoms with Crippen molar-refractivity contribution in [3.63, 3.8) is 0 Å². The molecule has 6 N–H and O–H groups in total. The van der Waals surface area contributed by atoms with Crippen molar-refractivity contribution in [2.45, 2.75) is 36.8 Å². The molecular weight excluding hydrogens is 252 g/mol. The predicted octanol–water partition coefficient (Wildman–Crippen LogP) is -3.75. The van der Waals surface area contributed by atoms with E-state index in [0.29, 0.717) is 0 Å².